The summed E-state index contributed by atoms with van der Waals surface area (Å²) in [6.07, 6.45) is 1.67. The van der Waals surface area contributed by atoms with Crippen LogP contribution in [0.3, 0.4) is 0 Å². The maximum absolute atomic E-state index is 5.41. The first-order valence-corrected chi connectivity index (χ1v) is 6.12. The molecule has 0 saturated carbocycles. The lowest BCUT2D eigenvalue weighted by atomic mass is 10.1. The molecule has 2 aromatic rings. The van der Waals surface area contributed by atoms with Gasteiger partial charge >= 0.3 is 0 Å². The third-order valence-electron chi connectivity index (χ3n) is 2.83. The second-order valence-corrected chi connectivity index (χ2v) is 3.94. The molecule has 0 aliphatic heterocycles. The van der Waals surface area contributed by atoms with Gasteiger partial charge in [0, 0.05) is 12.2 Å². The molecular formula is C14H18N2O3. The molecule has 1 aromatic heterocycles. The van der Waals surface area contributed by atoms with Crippen molar-refractivity contribution in [3.63, 3.8) is 0 Å². The van der Waals surface area contributed by atoms with Crippen LogP contribution in [-0.4, -0.2) is 30.8 Å². The fourth-order valence-corrected chi connectivity index (χ4v) is 1.87. The molecule has 0 saturated heterocycles. The normalized spacial score (nSPS) is 10.5. The summed E-state index contributed by atoms with van der Waals surface area (Å²) in [7, 11) is 3.24. The number of nitrogens with one attached hydrogen (secondary N) is 1. The van der Waals surface area contributed by atoms with Gasteiger partial charge in [-0.1, -0.05) is 0 Å². The minimum Gasteiger partial charge on any atom is -0.493 e. The van der Waals surface area contributed by atoms with E-state index in [0.29, 0.717) is 24.7 Å². The molecule has 5 nitrogen and oxygen atoms in total. The lowest BCUT2D eigenvalue weighted by Crippen LogP contribution is -1.96. The monoisotopic (exact) mass is 262 g/mol. The second kappa shape index (κ2) is 6.24. The van der Waals surface area contributed by atoms with Crippen LogP contribution < -0.4 is 9.47 Å². The van der Waals surface area contributed by atoms with Crippen molar-refractivity contribution in [1.82, 2.24) is 9.97 Å². The number of rotatable bonds is 6. The molecule has 0 aliphatic carbocycles. The summed E-state index contributed by atoms with van der Waals surface area (Å²) in [5.41, 5.74) is 2.79. The van der Waals surface area contributed by atoms with Crippen LogP contribution >= 0.6 is 0 Å². The molecule has 0 unspecified atom stereocenters. The van der Waals surface area contributed by atoms with Gasteiger partial charge in [0.2, 0.25) is 0 Å². The number of imidazole rings is 1. The van der Waals surface area contributed by atoms with Crippen molar-refractivity contribution in [1.29, 1.82) is 0 Å². The summed E-state index contributed by atoms with van der Waals surface area (Å²) in [6.45, 7) is 3.15. The van der Waals surface area contributed by atoms with Crippen LogP contribution in [0.4, 0.5) is 0 Å². The SMILES string of the molecule is CCOCc1[nH]cnc1-c1ccc(OC)c(OC)c1. The molecule has 0 bridgehead atoms. The van der Waals surface area contributed by atoms with E-state index in [1.54, 1.807) is 20.5 Å². The Labute approximate surface area is 112 Å². The minimum atomic E-state index is 0.514. The Kier molecular flexibility index (Phi) is 4.41. The summed E-state index contributed by atoms with van der Waals surface area (Å²) in [6, 6.07) is 5.73. The Morgan fingerprint density at radius 3 is 2.63 bits per heavy atom. The number of nitrogens with zero attached hydrogens (tertiary/aromatic N) is 1. The van der Waals surface area contributed by atoms with E-state index in [1.165, 1.54) is 0 Å². The molecule has 2 rings (SSSR count). The van der Waals surface area contributed by atoms with E-state index in [1.807, 2.05) is 25.1 Å². The van der Waals surface area contributed by atoms with Crippen LogP contribution in [0.1, 0.15) is 12.6 Å². The molecule has 1 N–H and O–H groups in total. The second-order valence-electron chi connectivity index (χ2n) is 3.94. The van der Waals surface area contributed by atoms with Gasteiger partial charge < -0.3 is 19.2 Å². The number of methoxy groups -OCH3 is 2. The van der Waals surface area contributed by atoms with E-state index in [0.717, 1.165) is 17.0 Å². The Hall–Kier alpha value is -2.01. The third kappa shape index (κ3) is 2.88. The molecular weight excluding hydrogens is 244 g/mol. The third-order valence-corrected chi connectivity index (χ3v) is 2.83. The summed E-state index contributed by atoms with van der Waals surface area (Å²) in [5, 5.41) is 0. The van der Waals surface area contributed by atoms with Gasteiger partial charge in [0.1, 0.15) is 0 Å². The number of aromatic nitrogens is 2. The van der Waals surface area contributed by atoms with Gasteiger partial charge in [-0.3, -0.25) is 0 Å². The predicted octanol–water partition coefficient (Wildman–Crippen LogP) is 2.63. The van der Waals surface area contributed by atoms with E-state index in [-0.39, 0.29) is 0 Å². The number of H-pyrrole nitrogens is 1. The number of hydrogen-bond donors (Lipinski definition) is 1. The molecule has 0 atom stereocenters. The first-order valence-electron chi connectivity index (χ1n) is 6.12. The summed E-state index contributed by atoms with van der Waals surface area (Å²) in [4.78, 5) is 7.44. The maximum atomic E-state index is 5.41. The van der Waals surface area contributed by atoms with Crippen LogP contribution in [0, 0.1) is 0 Å². The number of hydrogen-bond acceptors (Lipinski definition) is 4. The highest BCUT2D eigenvalue weighted by molar-refractivity contribution is 5.65. The molecule has 0 fully saturated rings. The topological polar surface area (TPSA) is 56.4 Å². The average molecular weight is 262 g/mol. The van der Waals surface area contributed by atoms with Crippen molar-refractivity contribution in [3.8, 4) is 22.8 Å². The van der Waals surface area contributed by atoms with Crippen molar-refractivity contribution >= 4 is 0 Å². The van der Waals surface area contributed by atoms with Crippen molar-refractivity contribution in [3.05, 3.63) is 30.2 Å². The zero-order valence-electron chi connectivity index (χ0n) is 11.4. The first kappa shape index (κ1) is 13.4. The van der Waals surface area contributed by atoms with E-state index >= 15 is 0 Å². The quantitative estimate of drug-likeness (QED) is 0.869. The smallest absolute Gasteiger partial charge is 0.161 e. The van der Waals surface area contributed by atoms with Crippen LogP contribution in [0.2, 0.25) is 0 Å². The lowest BCUT2D eigenvalue weighted by Gasteiger charge is -2.09. The minimum absolute atomic E-state index is 0.514. The van der Waals surface area contributed by atoms with Gasteiger partial charge in [0.15, 0.2) is 11.5 Å². The average Bonchev–Trinajstić information content (AvgIpc) is 2.92. The van der Waals surface area contributed by atoms with E-state index in [4.69, 9.17) is 14.2 Å². The van der Waals surface area contributed by atoms with Crippen molar-refractivity contribution in [2.75, 3.05) is 20.8 Å². The van der Waals surface area contributed by atoms with Gasteiger partial charge in [-0.15, -0.1) is 0 Å². The van der Waals surface area contributed by atoms with Gasteiger partial charge in [-0.2, -0.15) is 0 Å². The Balaban J connectivity index is 2.33. The van der Waals surface area contributed by atoms with E-state index < -0.39 is 0 Å². The molecule has 1 aromatic carbocycles. The molecule has 102 valence electrons. The molecule has 0 radical (unpaired) electrons. The molecule has 0 aliphatic rings. The Bertz CT molecular complexity index is 537. The van der Waals surface area contributed by atoms with Gasteiger partial charge in [0.25, 0.3) is 0 Å². The van der Waals surface area contributed by atoms with Crippen molar-refractivity contribution in [2.24, 2.45) is 0 Å². The highest BCUT2D eigenvalue weighted by Gasteiger charge is 2.11. The summed E-state index contributed by atoms with van der Waals surface area (Å²) >= 11 is 0. The van der Waals surface area contributed by atoms with Gasteiger partial charge in [-0.25, -0.2) is 4.98 Å². The largest absolute Gasteiger partial charge is 0.493 e. The predicted molar refractivity (Wildman–Crippen MR) is 72.5 cm³/mol. The molecule has 19 heavy (non-hydrogen) atoms. The van der Waals surface area contributed by atoms with Crippen molar-refractivity contribution in [2.45, 2.75) is 13.5 Å². The molecule has 0 amide bonds. The lowest BCUT2D eigenvalue weighted by molar-refractivity contribution is 0.132. The fraction of sp³-hybridized carbons (Fsp3) is 0.357. The highest BCUT2D eigenvalue weighted by Crippen LogP contribution is 2.32. The molecule has 5 heteroatoms. The summed E-state index contributed by atoms with van der Waals surface area (Å²) in [5.74, 6) is 1.39. The number of benzene rings is 1. The zero-order chi connectivity index (χ0) is 13.7. The Morgan fingerprint density at radius 1 is 1.16 bits per heavy atom. The Morgan fingerprint density at radius 2 is 1.95 bits per heavy atom. The van der Waals surface area contributed by atoms with Gasteiger partial charge in [0.05, 0.1) is 38.5 Å². The standard InChI is InChI=1S/C14H18N2O3/c1-4-19-8-11-14(16-9-15-11)10-5-6-12(17-2)13(7-10)18-3/h5-7,9H,4,8H2,1-3H3,(H,15,16). The maximum Gasteiger partial charge on any atom is 0.161 e. The molecule has 1 heterocycles. The van der Waals surface area contributed by atoms with E-state index in [9.17, 15) is 0 Å². The zero-order valence-corrected chi connectivity index (χ0v) is 11.4. The fourth-order valence-electron chi connectivity index (χ4n) is 1.87. The number of aromatic amines is 1. The van der Waals surface area contributed by atoms with Crippen LogP contribution in [0.25, 0.3) is 11.3 Å². The number of ether oxygens (including phenoxy) is 3. The molecule has 0 spiro atoms. The van der Waals surface area contributed by atoms with Crippen LogP contribution in [-0.2, 0) is 11.3 Å². The first-order chi connectivity index (χ1) is 9.30. The highest BCUT2D eigenvalue weighted by atomic mass is 16.5. The summed E-state index contributed by atoms with van der Waals surface area (Å²) < 4.78 is 15.9. The van der Waals surface area contributed by atoms with Crippen molar-refractivity contribution < 1.29 is 14.2 Å². The van der Waals surface area contributed by atoms with Crippen LogP contribution in [0.5, 0.6) is 11.5 Å². The van der Waals surface area contributed by atoms with E-state index in [2.05, 4.69) is 9.97 Å². The van der Waals surface area contributed by atoms with Gasteiger partial charge in [-0.05, 0) is 25.1 Å². The van der Waals surface area contributed by atoms with Crippen LogP contribution in [0.15, 0.2) is 24.5 Å².